The van der Waals surface area contributed by atoms with Crippen molar-refractivity contribution >= 4 is 23.2 Å². The SMILES string of the molecule is CCOC(=O)c1cc(Cl)n2nc(-c3ccco3)cc2n1. The summed E-state index contributed by atoms with van der Waals surface area (Å²) in [5, 5.41) is 4.55. The highest BCUT2D eigenvalue weighted by molar-refractivity contribution is 6.30. The fourth-order valence-corrected chi connectivity index (χ4v) is 2.02. The van der Waals surface area contributed by atoms with Crippen molar-refractivity contribution in [3.63, 3.8) is 0 Å². The van der Waals surface area contributed by atoms with Crippen LogP contribution in [-0.2, 0) is 4.74 Å². The molecule has 0 spiro atoms. The van der Waals surface area contributed by atoms with Gasteiger partial charge in [-0.2, -0.15) is 5.10 Å². The van der Waals surface area contributed by atoms with Gasteiger partial charge < -0.3 is 9.15 Å². The van der Waals surface area contributed by atoms with Crippen LogP contribution in [0.5, 0.6) is 0 Å². The topological polar surface area (TPSA) is 69.6 Å². The predicted octanol–water partition coefficient (Wildman–Crippen LogP) is 2.82. The number of aromatic nitrogens is 3. The molecular formula is C13H10ClN3O3. The highest BCUT2D eigenvalue weighted by atomic mass is 35.5. The van der Waals surface area contributed by atoms with Crippen molar-refractivity contribution in [3.05, 3.63) is 41.4 Å². The van der Waals surface area contributed by atoms with Gasteiger partial charge in [0.05, 0.1) is 12.9 Å². The maximum Gasteiger partial charge on any atom is 0.357 e. The fraction of sp³-hybridized carbons (Fsp3) is 0.154. The predicted molar refractivity (Wildman–Crippen MR) is 71.7 cm³/mol. The summed E-state index contributed by atoms with van der Waals surface area (Å²) >= 11 is 6.10. The van der Waals surface area contributed by atoms with E-state index in [0.29, 0.717) is 17.1 Å². The average Bonchev–Trinajstić information content (AvgIpc) is 3.07. The second-order valence-corrected chi connectivity index (χ2v) is 4.35. The Balaban J connectivity index is 2.10. The standard InChI is InChI=1S/C13H10ClN3O3/c1-2-19-13(18)9-6-11(14)17-12(15-9)7-8(16-17)10-4-3-5-20-10/h3-7H,2H2,1H3. The zero-order chi connectivity index (χ0) is 14.1. The molecule has 6 nitrogen and oxygen atoms in total. The Morgan fingerprint density at radius 1 is 1.50 bits per heavy atom. The van der Waals surface area contributed by atoms with E-state index in [-0.39, 0.29) is 17.5 Å². The van der Waals surface area contributed by atoms with Crippen LogP contribution in [0.2, 0.25) is 5.15 Å². The largest absolute Gasteiger partial charge is 0.463 e. The number of fused-ring (bicyclic) bond motifs is 1. The van der Waals surface area contributed by atoms with Gasteiger partial charge in [-0.15, -0.1) is 0 Å². The van der Waals surface area contributed by atoms with E-state index in [4.69, 9.17) is 20.8 Å². The molecule has 0 atom stereocenters. The molecule has 3 rings (SSSR count). The van der Waals surface area contributed by atoms with Crippen LogP contribution in [0.25, 0.3) is 17.1 Å². The van der Waals surface area contributed by atoms with E-state index in [1.54, 1.807) is 31.4 Å². The van der Waals surface area contributed by atoms with Crippen molar-refractivity contribution < 1.29 is 13.9 Å². The monoisotopic (exact) mass is 291 g/mol. The molecule has 3 heterocycles. The number of carbonyl (C=O) groups excluding carboxylic acids is 1. The highest BCUT2D eigenvalue weighted by Gasteiger charge is 2.15. The number of ether oxygens (including phenoxy) is 1. The average molecular weight is 292 g/mol. The summed E-state index contributed by atoms with van der Waals surface area (Å²) in [4.78, 5) is 15.9. The minimum absolute atomic E-state index is 0.148. The zero-order valence-electron chi connectivity index (χ0n) is 10.5. The van der Waals surface area contributed by atoms with Gasteiger partial charge in [0.2, 0.25) is 0 Å². The first-order valence-electron chi connectivity index (χ1n) is 5.96. The molecule has 7 heteroatoms. The summed E-state index contributed by atoms with van der Waals surface area (Å²) in [5.74, 6) is 0.0851. The Morgan fingerprint density at radius 2 is 2.35 bits per heavy atom. The first-order chi connectivity index (χ1) is 9.69. The van der Waals surface area contributed by atoms with E-state index < -0.39 is 5.97 Å². The lowest BCUT2D eigenvalue weighted by molar-refractivity contribution is 0.0519. The van der Waals surface area contributed by atoms with Crippen LogP contribution in [0.4, 0.5) is 0 Å². The molecule has 0 aromatic carbocycles. The third kappa shape index (κ3) is 2.14. The van der Waals surface area contributed by atoms with Crippen LogP contribution < -0.4 is 0 Å². The molecule has 102 valence electrons. The first-order valence-corrected chi connectivity index (χ1v) is 6.34. The number of hydrogen-bond donors (Lipinski definition) is 0. The van der Waals surface area contributed by atoms with Crippen molar-refractivity contribution in [2.75, 3.05) is 6.61 Å². The Morgan fingerprint density at radius 3 is 3.05 bits per heavy atom. The Kier molecular flexibility index (Phi) is 3.15. The molecule has 0 unspecified atom stereocenters. The van der Waals surface area contributed by atoms with Crippen LogP contribution in [-0.4, -0.2) is 27.2 Å². The number of nitrogens with zero attached hydrogens (tertiary/aromatic N) is 3. The van der Waals surface area contributed by atoms with Crippen LogP contribution in [0.1, 0.15) is 17.4 Å². The molecule has 0 radical (unpaired) electrons. The van der Waals surface area contributed by atoms with Crippen LogP contribution in [0.3, 0.4) is 0 Å². The molecule has 0 N–H and O–H groups in total. The smallest absolute Gasteiger partial charge is 0.357 e. The summed E-state index contributed by atoms with van der Waals surface area (Å²) in [5.41, 5.74) is 1.19. The third-order valence-corrected chi connectivity index (χ3v) is 2.91. The van der Waals surface area contributed by atoms with E-state index in [1.165, 1.54) is 10.6 Å². The minimum Gasteiger partial charge on any atom is -0.463 e. The van der Waals surface area contributed by atoms with Gasteiger partial charge in [0.25, 0.3) is 0 Å². The lowest BCUT2D eigenvalue weighted by Crippen LogP contribution is -2.08. The molecule has 3 aromatic rings. The second-order valence-electron chi connectivity index (χ2n) is 3.96. The molecule has 20 heavy (non-hydrogen) atoms. The maximum absolute atomic E-state index is 11.7. The lowest BCUT2D eigenvalue weighted by atomic mass is 10.3. The maximum atomic E-state index is 11.7. The quantitative estimate of drug-likeness (QED) is 0.548. The molecule has 0 fully saturated rings. The summed E-state index contributed by atoms with van der Waals surface area (Å²) in [7, 11) is 0. The number of rotatable bonds is 3. The summed E-state index contributed by atoms with van der Waals surface area (Å²) in [6, 6.07) is 6.65. The fourth-order valence-electron chi connectivity index (χ4n) is 1.79. The Labute approximate surface area is 118 Å². The van der Waals surface area contributed by atoms with Gasteiger partial charge in [0.15, 0.2) is 17.1 Å². The van der Waals surface area contributed by atoms with Gasteiger partial charge in [-0.05, 0) is 19.1 Å². The van der Waals surface area contributed by atoms with Gasteiger partial charge in [-0.3, -0.25) is 0 Å². The van der Waals surface area contributed by atoms with Gasteiger partial charge >= 0.3 is 5.97 Å². The van der Waals surface area contributed by atoms with Crippen molar-refractivity contribution in [1.82, 2.24) is 14.6 Å². The zero-order valence-corrected chi connectivity index (χ0v) is 11.3. The number of esters is 1. The summed E-state index contributed by atoms with van der Waals surface area (Å²) < 4.78 is 11.6. The normalized spacial score (nSPS) is 10.9. The highest BCUT2D eigenvalue weighted by Crippen LogP contribution is 2.22. The number of carbonyl (C=O) groups is 1. The lowest BCUT2D eigenvalue weighted by Gasteiger charge is -2.02. The van der Waals surface area contributed by atoms with Crippen molar-refractivity contribution in [3.8, 4) is 11.5 Å². The van der Waals surface area contributed by atoms with E-state index in [1.807, 2.05) is 0 Å². The van der Waals surface area contributed by atoms with Crippen LogP contribution in [0.15, 0.2) is 34.9 Å². The summed E-state index contributed by atoms with van der Waals surface area (Å²) in [6.07, 6.45) is 1.55. The molecular weight excluding hydrogens is 282 g/mol. The van der Waals surface area contributed by atoms with Gasteiger partial charge in [0, 0.05) is 12.1 Å². The van der Waals surface area contributed by atoms with Gasteiger partial charge in [-0.1, -0.05) is 11.6 Å². The molecule has 0 aliphatic heterocycles. The number of hydrogen-bond acceptors (Lipinski definition) is 5. The third-order valence-electron chi connectivity index (χ3n) is 2.64. The van der Waals surface area contributed by atoms with Crippen molar-refractivity contribution in [2.45, 2.75) is 6.92 Å². The van der Waals surface area contributed by atoms with Crippen molar-refractivity contribution in [1.29, 1.82) is 0 Å². The minimum atomic E-state index is -0.516. The Bertz CT molecular complexity index is 765. The molecule has 3 aromatic heterocycles. The van der Waals surface area contributed by atoms with E-state index >= 15 is 0 Å². The van der Waals surface area contributed by atoms with Crippen molar-refractivity contribution in [2.24, 2.45) is 0 Å². The molecule has 0 aliphatic carbocycles. The molecule has 0 bridgehead atoms. The molecule has 0 saturated carbocycles. The van der Waals surface area contributed by atoms with Crippen LogP contribution in [0, 0.1) is 0 Å². The van der Waals surface area contributed by atoms with Gasteiger partial charge in [-0.25, -0.2) is 14.3 Å². The van der Waals surface area contributed by atoms with Crippen LogP contribution >= 0.6 is 11.6 Å². The molecule has 0 amide bonds. The second kappa shape index (κ2) is 4.97. The number of halogens is 1. The van der Waals surface area contributed by atoms with E-state index in [9.17, 15) is 4.79 Å². The van der Waals surface area contributed by atoms with E-state index in [0.717, 1.165) is 0 Å². The molecule has 0 aliphatic rings. The van der Waals surface area contributed by atoms with Gasteiger partial charge in [0.1, 0.15) is 10.8 Å². The molecule has 0 saturated heterocycles. The van der Waals surface area contributed by atoms with E-state index in [2.05, 4.69) is 10.1 Å². The number of furan rings is 1. The first kappa shape index (κ1) is 12.7. The summed E-state index contributed by atoms with van der Waals surface area (Å²) in [6.45, 7) is 2.01. The Hall–Kier alpha value is -2.34.